The Bertz CT molecular complexity index is 175. The van der Waals surface area contributed by atoms with Crippen LogP contribution in [0.1, 0.15) is 46.0 Å². The van der Waals surface area contributed by atoms with Crippen molar-refractivity contribution in [3.05, 3.63) is 0 Å². The molecule has 0 amide bonds. The van der Waals surface area contributed by atoms with Crippen molar-refractivity contribution < 1.29 is 0 Å². The van der Waals surface area contributed by atoms with Crippen molar-refractivity contribution in [2.75, 3.05) is 6.54 Å². The number of hydrogen-bond donors (Lipinski definition) is 2. The summed E-state index contributed by atoms with van der Waals surface area (Å²) < 4.78 is 0. The van der Waals surface area contributed by atoms with Crippen LogP contribution in [-0.4, -0.2) is 24.7 Å². The molecule has 14 heavy (non-hydrogen) atoms. The second-order valence-electron chi connectivity index (χ2n) is 5.11. The van der Waals surface area contributed by atoms with Gasteiger partial charge >= 0.3 is 0 Å². The van der Waals surface area contributed by atoms with Crippen molar-refractivity contribution in [1.82, 2.24) is 10.6 Å². The van der Waals surface area contributed by atoms with Gasteiger partial charge in [-0.2, -0.15) is 0 Å². The molecule has 2 rings (SSSR count). The van der Waals surface area contributed by atoms with Gasteiger partial charge in [-0.05, 0) is 45.1 Å². The number of nitrogens with one attached hydrogen (secondary N) is 2. The Hall–Kier alpha value is -0.0800. The van der Waals surface area contributed by atoms with Gasteiger partial charge in [0.2, 0.25) is 0 Å². The van der Waals surface area contributed by atoms with E-state index in [2.05, 4.69) is 24.5 Å². The summed E-state index contributed by atoms with van der Waals surface area (Å²) in [5, 5.41) is 7.31. The van der Waals surface area contributed by atoms with Gasteiger partial charge in [0.15, 0.2) is 0 Å². The van der Waals surface area contributed by atoms with E-state index in [9.17, 15) is 0 Å². The third kappa shape index (κ3) is 2.71. The lowest BCUT2D eigenvalue weighted by atomic mass is 10.1. The average molecular weight is 196 g/mol. The summed E-state index contributed by atoms with van der Waals surface area (Å²) in [6.07, 6.45) is 6.84. The maximum atomic E-state index is 3.74. The zero-order valence-corrected chi connectivity index (χ0v) is 9.55. The predicted octanol–water partition coefficient (Wildman–Crippen LogP) is 1.91. The molecule has 2 nitrogen and oxygen atoms in total. The Labute approximate surface area is 87.8 Å². The first-order valence-corrected chi connectivity index (χ1v) is 6.29. The Balaban J connectivity index is 1.61. The summed E-state index contributed by atoms with van der Waals surface area (Å²) in [7, 11) is 0. The Kier molecular flexibility index (Phi) is 3.45. The Morgan fingerprint density at radius 2 is 2.36 bits per heavy atom. The zero-order chi connectivity index (χ0) is 9.97. The highest BCUT2D eigenvalue weighted by molar-refractivity contribution is 4.94. The lowest BCUT2D eigenvalue weighted by Crippen LogP contribution is -2.35. The average Bonchev–Trinajstić information content (AvgIpc) is 2.69. The van der Waals surface area contributed by atoms with Crippen LogP contribution in [0.25, 0.3) is 0 Å². The van der Waals surface area contributed by atoms with E-state index in [4.69, 9.17) is 0 Å². The maximum Gasteiger partial charge on any atom is 0.0101 e. The van der Waals surface area contributed by atoms with E-state index in [0.29, 0.717) is 6.04 Å². The monoisotopic (exact) mass is 196 g/mol. The highest BCUT2D eigenvalue weighted by Crippen LogP contribution is 2.33. The molecule has 1 aliphatic carbocycles. The lowest BCUT2D eigenvalue weighted by Gasteiger charge is -2.18. The molecule has 0 aromatic heterocycles. The minimum absolute atomic E-state index is 0.701. The summed E-state index contributed by atoms with van der Waals surface area (Å²) in [4.78, 5) is 0. The van der Waals surface area contributed by atoms with Crippen LogP contribution in [0.15, 0.2) is 0 Å². The molecule has 0 aromatic rings. The van der Waals surface area contributed by atoms with Gasteiger partial charge in [0.25, 0.3) is 0 Å². The molecule has 82 valence electrons. The molecule has 1 aliphatic heterocycles. The predicted molar refractivity (Wildman–Crippen MR) is 60.4 cm³/mol. The van der Waals surface area contributed by atoms with Gasteiger partial charge in [-0.1, -0.05) is 13.3 Å². The largest absolute Gasteiger partial charge is 0.314 e. The minimum Gasteiger partial charge on any atom is -0.314 e. The summed E-state index contributed by atoms with van der Waals surface area (Å²) in [5.74, 6) is 0.981. The third-order valence-electron chi connectivity index (χ3n) is 3.75. The number of hydrogen-bond acceptors (Lipinski definition) is 2. The highest BCUT2D eigenvalue weighted by Gasteiger charge is 2.35. The van der Waals surface area contributed by atoms with Gasteiger partial charge < -0.3 is 10.6 Å². The van der Waals surface area contributed by atoms with E-state index < -0.39 is 0 Å². The molecule has 1 heterocycles. The summed E-state index contributed by atoms with van der Waals surface area (Å²) in [6.45, 7) is 5.87. The van der Waals surface area contributed by atoms with Gasteiger partial charge in [-0.3, -0.25) is 0 Å². The molecule has 2 N–H and O–H groups in total. The minimum atomic E-state index is 0.701. The fourth-order valence-electron chi connectivity index (χ4n) is 2.72. The normalized spacial score (nSPS) is 38.6. The second kappa shape index (κ2) is 4.63. The van der Waals surface area contributed by atoms with E-state index in [1.54, 1.807) is 0 Å². The molecular formula is C12H24N2. The fraction of sp³-hybridized carbons (Fsp3) is 1.00. The van der Waals surface area contributed by atoms with Gasteiger partial charge in [0.05, 0.1) is 0 Å². The van der Waals surface area contributed by atoms with Crippen LogP contribution in [0.4, 0.5) is 0 Å². The maximum absolute atomic E-state index is 3.74. The lowest BCUT2D eigenvalue weighted by molar-refractivity contribution is 0.430. The standard InChI is InChI=1S/C12H24N2/c1-3-10-8-12(10)14-9(2)7-11-5-4-6-13-11/h9-14H,3-8H2,1-2H3. The van der Waals surface area contributed by atoms with Crippen molar-refractivity contribution in [2.45, 2.75) is 64.1 Å². The zero-order valence-electron chi connectivity index (χ0n) is 9.55. The molecule has 4 atom stereocenters. The van der Waals surface area contributed by atoms with Crippen molar-refractivity contribution in [3.63, 3.8) is 0 Å². The van der Waals surface area contributed by atoms with Crippen LogP contribution in [0.5, 0.6) is 0 Å². The summed E-state index contributed by atoms with van der Waals surface area (Å²) in [5.41, 5.74) is 0. The molecule has 2 heteroatoms. The van der Waals surface area contributed by atoms with E-state index in [-0.39, 0.29) is 0 Å². The smallest absolute Gasteiger partial charge is 0.0101 e. The van der Waals surface area contributed by atoms with Crippen molar-refractivity contribution >= 4 is 0 Å². The Morgan fingerprint density at radius 1 is 1.50 bits per heavy atom. The highest BCUT2D eigenvalue weighted by atomic mass is 15.0. The van der Waals surface area contributed by atoms with E-state index in [1.165, 1.54) is 38.6 Å². The molecule has 1 saturated carbocycles. The topological polar surface area (TPSA) is 24.1 Å². The molecule has 1 saturated heterocycles. The molecule has 0 aromatic carbocycles. The van der Waals surface area contributed by atoms with Crippen molar-refractivity contribution in [3.8, 4) is 0 Å². The first kappa shape index (κ1) is 10.4. The van der Waals surface area contributed by atoms with Crippen molar-refractivity contribution in [2.24, 2.45) is 5.92 Å². The van der Waals surface area contributed by atoms with Crippen LogP contribution >= 0.6 is 0 Å². The second-order valence-corrected chi connectivity index (χ2v) is 5.11. The van der Waals surface area contributed by atoms with Gasteiger partial charge in [-0.15, -0.1) is 0 Å². The van der Waals surface area contributed by atoms with Crippen LogP contribution in [-0.2, 0) is 0 Å². The van der Waals surface area contributed by atoms with Gasteiger partial charge in [0.1, 0.15) is 0 Å². The van der Waals surface area contributed by atoms with E-state index in [1.807, 2.05) is 0 Å². The third-order valence-corrected chi connectivity index (χ3v) is 3.75. The number of rotatable bonds is 5. The fourth-order valence-corrected chi connectivity index (χ4v) is 2.72. The van der Waals surface area contributed by atoms with Gasteiger partial charge in [0, 0.05) is 18.1 Å². The molecule has 0 bridgehead atoms. The summed E-state index contributed by atoms with van der Waals surface area (Å²) >= 11 is 0. The van der Waals surface area contributed by atoms with Crippen LogP contribution in [0.3, 0.4) is 0 Å². The van der Waals surface area contributed by atoms with Crippen LogP contribution in [0.2, 0.25) is 0 Å². The van der Waals surface area contributed by atoms with E-state index in [0.717, 1.165) is 18.0 Å². The first-order chi connectivity index (χ1) is 6.79. The van der Waals surface area contributed by atoms with Crippen molar-refractivity contribution in [1.29, 1.82) is 0 Å². The van der Waals surface area contributed by atoms with Crippen LogP contribution in [0, 0.1) is 5.92 Å². The molecule has 2 fully saturated rings. The quantitative estimate of drug-likeness (QED) is 0.702. The molecule has 0 spiro atoms. The molecule has 4 unspecified atom stereocenters. The molecule has 0 radical (unpaired) electrons. The molecular weight excluding hydrogens is 172 g/mol. The first-order valence-electron chi connectivity index (χ1n) is 6.29. The van der Waals surface area contributed by atoms with E-state index >= 15 is 0 Å². The Morgan fingerprint density at radius 3 is 2.93 bits per heavy atom. The van der Waals surface area contributed by atoms with Crippen LogP contribution < -0.4 is 10.6 Å². The summed E-state index contributed by atoms with van der Waals surface area (Å²) in [6, 6.07) is 2.33. The molecule has 2 aliphatic rings. The SMILES string of the molecule is CCC1CC1NC(C)CC1CCCN1. The van der Waals surface area contributed by atoms with Gasteiger partial charge in [-0.25, -0.2) is 0 Å².